The first kappa shape index (κ1) is 26.0. The van der Waals surface area contributed by atoms with Crippen LogP contribution in [-0.2, 0) is 36.8 Å². The molecule has 0 spiro atoms. The van der Waals surface area contributed by atoms with E-state index < -0.39 is 60.8 Å². The van der Waals surface area contributed by atoms with E-state index in [4.69, 9.17) is 10.8 Å². The molecule has 2 rings (SSSR count). The Hall–Kier alpha value is -4.26. The quantitative estimate of drug-likeness (QED) is 0.173. The zero-order valence-electron chi connectivity index (χ0n) is 18.1. The number of aliphatic carboxylic acids is 2. The molecule has 8 N–H and O–H groups in total. The number of aromatic nitrogens is 2. The summed E-state index contributed by atoms with van der Waals surface area (Å²) in [5, 5.41) is 25.2. The summed E-state index contributed by atoms with van der Waals surface area (Å²) in [4.78, 5) is 66.0. The van der Waals surface area contributed by atoms with E-state index in [9.17, 15) is 29.1 Å². The van der Waals surface area contributed by atoms with Crippen LogP contribution in [-0.4, -0.2) is 74.5 Å². The second-order valence-electron chi connectivity index (χ2n) is 7.41. The summed E-state index contributed by atoms with van der Waals surface area (Å²) in [6.45, 7) is -0.548. The normalized spacial score (nSPS) is 13.2. The van der Waals surface area contributed by atoms with Crippen LogP contribution in [0.2, 0.25) is 0 Å². The van der Waals surface area contributed by atoms with Crippen LogP contribution in [0.15, 0.2) is 42.9 Å². The lowest BCUT2D eigenvalue weighted by Gasteiger charge is -2.20. The van der Waals surface area contributed by atoms with Crippen molar-refractivity contribution in [3.63, 3.8) is 0 Å². The first-order valence-corrected chi connectivity index (χ1v) is 10.2. The van der Waals surface area contributed by atoms with Crippen LogP contribution in [0.3, 0.4) is 0 Å². The van der Waals surface area contributed by atoms with Crippen LogP contribution < -0.4 is 21.7 Å². The number of carbonyl (C=O) groups is 5. The van der Waals surface area contributed by atoms with E-state index in [1.165, 1.54) is 12.5 Å². The van der Waals surface area contributed by atoms with E-state index in [0.717, 1.165) is 0 Å². The number of carboxylic acid groups (broad SMARTS) is 2. The number of nitrogens with two attached hydrogens (primary N) is 1. The number of rotatable bonds is 13. The van der Waals surface area contributed by atoms with Crippen molar-refractivity contribution in [2.45, 2.75) is 37.4 Å². The third-order valence-corrected chi connectivity index (χ3v) is 4.68. The molecule has 0 bridgehead atoms. The molecule has 3 unspecified atom stereocenters. The van der Waals surface area contributed by atoms with Gasteiger partial charge >= 0.3 is 11.9 Å². The van der Waals surface area contributed by atoms with Crippen molar-refractivity contribution in [1.82, 2.24) is 25.9 Å². The van der Waals surface area contributed by atoms with E-state index >= 15 is 0 Å². The minimum absolute atomic E-state index is 0.0370. The van der Waals surface area contributed by atoms with E-state index in [2.05, 4.69) is 25.9 Å². The highest BCUT2D eigenvalue weighted by atomic mass is 16.4. The molecule has 0 saturated heterocycles. The molecular formula is C21H26N6O7. The van der Waals surface area contributed by atoms with Crippen LogP contribution in [0.1, 0.15) is 17.7 Å². The van der Waals surface area contributed by atoms with Crippen LogP contribution >= 0.6 is 0 Å². The number of H-pyrrole nitrogens is 1. The highest BCUT2D eigenvalue weighted by Gasteiger charge is 2.27. The number of hydrogen-bond acceptors (Lipinski definition) is 7. The number of aromatic amines is 1. The molecule has 2 aromatic rings. The molecule has 1 heterocycles. The second-order valence-corrected chi connectivity index (χ2v) is 7.41. The summed E-state index contributed by atoms with van der Waals surface area (Å²) in [7, 11) is 0. The van der Waals surface area contributed by atoms with Gasteiger partial charge in [0.25, 0.3) is 0 Å². The monoisotopic (exact) mass is 474 g/mol. The van der Waals surface area contributed by atoms with Crippen molar-refractivity contribution in [3.05, 3.63) is 54.1 Å². The average Bonchev–Trinajstić information content (AvgIpc) is 3.30. The molecule has 3 amide bonds. The number of nitrogens with zero attached hydrogens (tertiary/aromatic N) is 1. The number of hydrogen-bond donors (Lipinski definition) is 7. The molecule has 0 aliphatic heterocycles. The molecule has 13 nitrogen and oxygen atoms in total. The number of benzene rings is 1. The molecular weight excluding hydrogens is 448 g/mol. The average molecular weight is 474 g/mol. The second kappa shape index (κ2) is 12.7. The Kier molecular flexibility index (Phi) is 9.71. The highest BCUT2D eigenvalue weighted by Crippen LogP contribution is 2.04. The van der Waals surface area contributed by atoms with Gasteiger partial charge in [-0.1, -0.05) is 30.3 Å². The van der Waals surface area contributed by atoms with Crippen LogP contribution in [0.4, 0.5) is 0 Å². The van der Waals surface area contributed by atoms with Gasteiger partial charge in [0.1, 0.15) is 12.1 Å². The molecule has 34 heavy (non-hydrogen) atoms. The lowest BCUT2D eigenvalue weighted by atomic mass is 10.1. The molecule has 13 heteroatoms. The standard InChI is InChI=1S/C21H26N6O7/c22-14(8-18(29)30)19(31)27-15(7-13-9-23-11-25-13)20(32)24-10-17(28)26-16(21(33)34)6-12-4-2-1-3-5-12/h1-5,9,11,14-16H,6-8,10,22H2,(H,23,25)(H,24,32)(H,26,28)(H,27,31)(H,29,30)(H,33,34). The number of imidazole rings is 1. The summed E-state index contributed by atoms with van der Waals surface area (Å²) < 4.78 is 0. The van der Waals surface area contributed by atoms with Crippen molar-refractivity contribution >= 4 is 29.7 Å². The van der Waals surface area contributed by atoms with Gasteiger partial charge in [-0.05, 0) is 5.56 Å². The van der Waals surface area contributed by atoms with Gasteiger partial charge in [-0.2, -0.15) is 0 Å². The minimum atomic E-state index is -1.38. The third kappa shape index (κ3) is 8.70. The molecule has 1 aromatic heterocycles. The Balaban J connectivity index is 1.97. The maximum atomic E-state index is 12.7. The molecule has 3 atom stereocenters. The minimum Gasteiger partial charge on any atom is -0.481 e. The lowest BCUT2D eigenvalue weighted by molar-refractivity contribution is -0.141. The van der Waals surface area contributed by atoms with E-state index in [1.807, 2.05) is 0 Å². The molecule has 0 fully saturated rings. The van der Waals surface area contributed by atoms with Crippen LogP contribution in [0.25, 0.3) is 0 Å². The first-order valence-electron chi connectivity index (χ1n) is 10.2. The van der Waals surface area contributed by atoms with Crippen molar-refractivity contribution in [2.75, 3.05) is 6.54 Å². The Morgan fingerprint density at radius 2 is 1.68 bits per heavy atom. The van der Waals surface area contributed by atoms with Gasteiger partial charge in [0.15, 0.2) is 0 Å². The molecule has 0 radical (unpaired) electrons. The van der Waals surface area contributed by atoms with E-state index in [0.29, 0.717) is 11.3 Å². The summed E-state index contributed by atoms with van der Waals surface area (Å²) in [6, 6.07) is 4.93. The summed E-state index contributed by atoms with van der Waals surface area (Å²) >= 11 is 0. The lowest BCUT2D eigenvalue weighted by Crippen LogP contribution is -2.54. The molecule has 0 saturated carbocycles. The first-order chi connectivity index (χ1) is 16.2. The molecule has 1 aromatic carbocycles. The van der Waals surface area contributed by atoms with Crippen LogP contribution in [0.5, 0.6) is 0 Å². The molecule has 0 aliphatic carbocycles. The highest BCUT2D eigenvalue weighted by molar-refractivity contribution is 5.93. The van der Waals surface area contributed by atoms with Gasteiger partial charge in [-0.25, -0.2) is 9.78 Å². The zero-order chi connectivity index (χ0) is 25.1. The predicted molar refractivity (Wildman–Crippen MR) is 117 cm³/mol. The van der Waals surface area contributed by atoms with Gasteiger partial charge in [0.05, 0.1) is 25.3 Å². The SMILES string of the molecule is NC(CC(=O)O)C(=O)NC(Cc1cnc[nH]1)C(=O)NCC(=O)NC(Cc1ccccc1)C(=O)O. The number of amides is 3. The summed E-state index contributed by atoms with van der Waals surface area (Å²) in [5.74, 6) is -4.88. The fourth-order valence-electron chi connectivity index (χ4n) is 2.97. The number of carbonyl (C=O) groups excluding carboxylic acids is 3. The Bertz CT molecular complexity index is 996. The molecule has 182 valence electrons. The Labute approximate surface area is 194 Å². The van der Waals surface area contributed by atoms with Crippen molar-refractivity contribution < 1.29 is 34.2 Å². The maximum absolute atomic E-state index is 12.7. The van der Waals surface area contributed by atoms with Crippen LogP contribution in [0, 0.1) is 0 Å². The smallest absolute Gasteiger partial charge is 0.326 e. The largest absolute Gasteiger partial charge is 0.481 e. The van der Waals surface area contributed by atoms with Crippen molar-refractivity contribution in [1.29, 1.82) is 0 Å². The van der Waals surface area contributed by atoms with E-state index in [-0.39, 0.29) is 12.8 Å². The summed E-state index contributed by atoms with van der Waals surface area (Å²) in [5.41, 5.74) is 6.74. The number of carboxylic acids is 2. The zero-order valence-corrected chi connectivity index (χ0v) is 18.1. The fourth-order valence-corrected chi connectivity index (χ4v) is 2.97. The summed E-state index contributed by atoms with van der Waals surface area (Å²) in [6.07, 6.45) is 2.18. The maximum Gasteiger partial charge on any atom is 0.326 e. The van der Waals surface area contributed by atoms with Gasteiger partial charge in [0, 0.05) is 24.7 Å². The van der Waals surface area contributed by atoms with Gasteiger partial charge in [-0.15, -0.1) is 0 Å². The van der Waals surface area contributed by atoms with Gasteiger partial charge in [0.2, 0.25) is 17.7 Å². The van der Waals surface area contributed by atoms with E-state index in [1.54, 1.807) is 30.3 Å². The number of nitrogens with one attached hydrogen (secondary N) is 4. The molecule has 0 aliphatic rings. The van der Waals surface area contributed by atoms with Crippen molar-refractivity contribution in [3.8, 4) is 0 Å². The topological polar surface area (TPSA) is 217 Å². The van der Waals surface area contributed by atoms with Crippen molar-refractivity contribution in [2.24, 2.45) is 5.73 Å². The van der Waals surface area contributed by atoms with Gasteiger partial charge in [-0.3, -0.25) is 19.2 Å². The Morgan fingerprint density at radius 1 is 0.971 bits per heavy atom. The predicted octanol–water partition coefficient (Wildman–Crippen LogP) is -1.83. The third-order valence-electron chi connectivity index (χ3n) is 4.68. The Morgan fingerprint density at radius 3 is 2.26 bits per heavy atom. The fraction of sp³-hybridized carbons (Fsp3) is 0.333. The van der Waals surface area contributed by atoms with Gasteiger partial charge < -0.3 is 36.9 Å².